The first kappa shape index (κ1) is 40.7. The number of quaternary nitrogens is 1. The molecule has 5 heterocycles. The summed E-state index contributed by atoms with van der Waals surface area (Å²) in [4.78, 5) is 74.9. The molecule has 56 heavy (non-hydrogen) atoms. The molecule has 2 bridgehead atoms. The zero-order chi connectivity index (χ0) is 40.9. The summed E-state index contributed by atoms with van der Waals surface area (Å²) >= 11 is 8.46. The van der Waals surface area contributed by atoms with Crippen molar-refractivity contribution in [3.05, 3.63) is 45.1 Å². The van der Waals surface area contributed by atoms with E-state index in [0.717, 1.165) is 30.2 Å². The van der Waals surface area contributed by atoms with Gasteiger partial charge in [0.2, 0.25) is 11.5 Å². The summed E-state index contributed by atoms with van der Waals surface area (Å²) in [5, 5.41) is 61.6. The normalized spacial score (nSPS) is 26.4. The summed E-state index contributed by atoms with van der Waals surface area (Å²) in [6.45, 7) is 3.11. The van der Waals surface area contributed by atoms with Gasteiger partial charge in [-0.05, 0) is 31.9 Å². The molecule has 3 saturated heterocycles. The Morgan fingerprint density at radius 3 is 2.45 bits per heavy atom. The molecule has 0 saturated carbocycles. The number of aromatic hydroxyl groups is 2. The van der Waals surface area contributed by atoms with Crippen LogP contribution in [0.15, 0.2) is 39.1 Å². The standard InChI is InChI=1S/C35H40ClN7O11S2/c1-35(2,33(51)52)54-41-26(21-14-56-34(37)39-21)23(45)10-20-30(48)42-27(32(49)50)16(13-55-31(20)42)12-43(3)17-4-5-18(43)9-15(8-17)11-38-29(47)25(40-53)19-6-7-22(44)28(46)24(19)36/h6-7,14-15,17-18,20,31H,4-5,8-13H2,1-3H3,(H7-,37,38,39,40,41,44,45,46,47,49,50,51,52,53)/t15?,17-,18+,20-,31-,43?/m1/s1. The number of rotatable bonds is 14. The van der Waals surface area contributed by atoms with Gasteiger partial charge in [-0.3, -0.25) is 19.3 Å². The Bertz CT molecular complexity index is 2070. The fourth-order valence-electron chi connectivity index (χ4n) is 8.03. The smallest absolute Gasteiger partial charge is 0.350 e. The van der Waals surface area contributed by atoms with E-state index in [1.54, 1.807) is 0 Å². The van der Waals surface area contributed by atoms with Crippen LogP contribution >= 0.6 is 34.7 Å². The molecule has 2 unspecified atom stereocenters. The number of aromatic nitrogens is 1. The van der Waals surface area contributed by atoms with E-state index in [1.165, 1.54) is 42.0 Å². The van der Waals surface area contributed by atoms with Gasteiger partial charge in [-0.1, -0.05) is 21.9 Å². The predicted molar refractivity (Wildman–Crippen MR) is 201 cm³/mol. The van der Waals surface area contributed by atoms with Crippen LogP contribution < -0.4 is 16.2 Å². The number of carbonyl (C=O) groups excluding carboxylic acids is 4. The molecule has 18 nitrogen and oxygen atoms in total. The quantitative estimate of drug-likeness (QED) is 0.0391. The molecule has 6 rings (SSSR count). The van der Waals surface area contributed by atoms with E-state index in [0.29, 0.717) is 29.4 Å². The number of thioether (sulfide) groups is 1. The number of piperidine rings is 1. The van der Waals surface area contributed by atoms with Gasteiger partial charge in [-0.2, -0.15) is 0 Å². The number of nitrogens with zero attached hydrogens (tertiary/aromatic N) is 5. The Morgan fingerprint density at radius 1 is 1.18 bits per heavy atom. The average molecular weight is 834 g/mol. The highest BCUT2D eigenvalue weighted by Gasteiger charge is 2.56. The second-order valence-electron chi connectivity index (χ2n) is 15.0. The Balaban J connectivity index is 1.12. The lowest BCUT2D eigenvalue weighted by Gasteiger charge is -2.53. The first-order valence-corrected chi connectivity index (χ1v) is 19.9. The van der Waals surface area contributed by atoms with Crippen LogP contribution in [0.3, 0.4) is 0 Å². The van der Waals surface area contributed by atoms with E-state index in [1.807, 2.05) is 0 Å². The van der Waals surface area contributed by atoms with Crippen LogP contribution in [-0.2, 0) is 28.8 Å². The Kier molecular flexibility index (Phi) is 11.3. The van der Waals surface area contributed by atoms with E-state index in [-0.39, 0.29) is 69.5 Å². The number of nitrogens with one attached hydrogen (secondary N) is 1. The Hall–Kier alpha value is -4.92. The fraction of sp³-hybridized carbons (Fsp3) is 0.486. The van der Waals surface area contributed by atoms with Gasteiger partial charge in [0.05, 0.1) is 47.1 Å². The van der Waals surface area contributed by atoms with Crippen molar-refractivity contribution in [2.75, 3.05) is 31.6 Å². The van der Waals surface area contributed by atoms with Gasteiger partial charge in [-0.25, -0.2) is 9.78 Å². The van der Waals surface area contributed by atoms with Crippen LogP contribution in [0.5, 0.6) is 11.5 Å². The molecule has 4 aliphatic rings. The molecule has 2 aromatic rings. The number of aliphatic carboxylic acids is 2. The molecule has 0 aliphatic carbocycles. The van der Waals surface area contributed by atoms with Gasteiger partial charge in [0.25, 0.3) is 5.91 Å². The number of nitrogen functional groups attached to an aromatic ring is 1. The number of hydrogen-bond acceptors (Lipinski definition) is 16. The summed E-state index contributed by atoms with van der Waals surface area (Å²) in [5.74, 6) is -6.47. The molecule has 7 N–H and O–H groups in total. The largest absolute Gasteiger partial charge is 0.543 e. The number of benzene rings is 1. The van der Waals surface area contributed by atoms with Crippen molar-refractivity contribution in [1.29, 1.82) is 0 Å². The van der Waals surface area contributed by atoms with Gasteiger partial charge in [0, 0.05) is 60.9 Å². The molecule has 2 amide bonds. The summed E-state index contributed by atoms with van der Waals surface area (Å²) < 4.78 is 0.542. The van der Waals surface area contributed by atoms with Crippen molar-refractivity contribution >= 4 is 80.8 Å². The minimum absolute atomic E-state index is 0.0518. The van der Waals surface area contributed by atoms with E-state index >= 15 is 0 Å². The highest BCUT2D eigenvalue weighted by Crippen LogP contribution is 2.49. The van der Waals surface area contributed by atoms with Gasteiger partial charge >= 0.3 is 5.97 Å². The molecular weight excluding hydrogens is 794 g/mol. The molecule has 1 aromatic heterocycles. The minimum atomic E-state index is -1.78. The van der Waals surface area contributed by atoms with Crippen molar-refractivity contribution < 1.29 is 58.9 Å². The number of carboxylic acids is 2. The molecule has 4 aliphatic heterocycles. The molecule has 3 fully saturated rings. The number of oxime groups is 2. The van der Waals surface area contributed by atoms with E-state index in [4.69, 9.17) is 22.2 Å². The van der Waals surface area contributed by atoms with Gasteiger partial charge in [-0.15, -0.1) is 23.1 Å². The number of likely N-dealkylation sites (N-methyl/N-ethyl adjacent to an activating group) is 1. The third kappa shape index (κ3) is 7.49. The highest BCUT2D eigenvalue weighted by molar-refractivity contribution is 8.00. The molecule has 0 spiro atoms. The topological polar surface area (TPSA) is 277 Å². The third-order valence-corrected chi connectivity index (χ3v) is 13.6. The number of hydrogen-bond donors (Lipinski definition) is 6. The van der Waals surface area contributed by atoms with Crippen molar-refractivity contribution in [2.45, 2.75) is 69.0 Å². The number of amides is 2. The van der Waals surface area contributed by atoms with Crippen LogP contribution in [0.1, 0.15) is 57.2 Å². The van der Waals surface area contributed by atoms with E-state index < -0.39 is 63.6 Å². The van der Waals surface area contributed by atoms with Gasteiger partial charge in [0.15, 0.2) is 33.8 Å². The summed E-state index contributed by atoms with van der Waals surface area (Å²) in [6, 6.07) is 2.60. The first-order valence-electron chi connectivity index (χ1n) is 17.6. The number of thiazole rings is 1. The van der Waals surface area contributed by atoms with E-state index in [2.05, 4.69) is 27.7 Å². The number of β-lactam (4-membered cyclic amide) rings is 1. The number of carbonyl (C=O) groups is 5. The maximum absolute atomic E-state index is 13.6. The predicted octanol–water partition coefficient (Wildman–Crippen LogP) is 1.25. The monoisotopic (exact) mass is 833 g/mol. The zero-order valence-corrected chi connectivity index (χ0v) is 32.8. The third-order valence-electron chi connectivity index (χ3n) is 11.1. The second-order valence-corrected chi connectivity index (χ2v) is 17.4. The van der Waals surface area contributed by atoms with Crippen LogP contribution in [0.25, 0.3) is 0 Å². The number of phenolic OH excluding ortho intramolecular Hbond substituents is 2. The molecule has 21 heteroatoms. The van der Waals surface area contributed by atoms with Crippen LogP contribution in [0.4, 0.5) is 5.13 Å². The highest BCUT2D eigenvalue weighted by atomic mass is 35.5. The van der Waals surface area contributed by atoms with Gasteiger partial charge in [0.1, 0.15) is 12.2 Å². The summed E-state index contributed by atoms with van der Waals surface area (Å²) in [7, 11) is 2.07. The number of carboxylic acid groups (broad SMARTS) is 2. The Morgan fingerprint density at radius 2 is 1.86 bits per heavy atom. The number of ketones is 1. The SMILES string of the molecule is CC(C)(O/N=C(\C(=O)C[C@@H]1C(=O)N2C(C(=O)[O-])=C(C[N+]3(C)[C@@H]4CC[C@H]3CC(CNC(=O)/C(=N\O)c3ccc(O)c(O)c3Cl)C4)CS[C@H]12)c1csc(N)n1)C(=O)O. The second kappa shape index (κ2) is 15.5. The van der Waals surface area contributed by atoms with Crippen molar-refractivity contribution in [2.24, 2.45) is 22.1 Å². The van der Waals surface area contributed by atoms with Crippen molar-refractivity contribution in [3.8, 4) is 11.5 Å². The molecule has 6 atom stereocenters. The number of anilines is 1. The van der Waals surface area contributed by atoms with Gasteiger partial charge < -0.3 is 50.8 Å². The molecule has 0 radical (unpaired) electrons. The minimum Gasteiger partial charge on any atom is -0.543 e. The molecule has 300 valence electrons. The Labute approximate surface area is 333 Å². The number of phenols is 2. The summed E-state index contributed by atoms with van der Waals surface area (Å²) in [5.41, 5.74) is 3.58. The maximum Gasteiger partial charge on any atom is 0.350 e. The van der Waals surface area contributed by atoms with Crippen LogP contribution in [0, 0.1) is 11.8 Å². The van der Waals surface area contributed by atoms with Crippen molar-refractivity contribution in [3.63, 3.8) is 0 Å². The average Bonchev–Trinajstić information content (AvgIpc) is 3.61. The number of halogens is 1. The summed E-state index contributed by atoms with van der Waals surface area (Å²) in [6.07, 6.45) is 2.80. The number of Topliss-reactive ketones (excluding diaryl/α,β-unsaturated/α-hetero) is 1. The molecule has 1 aromatic carbocycles. The lowest BCUT2D eigenvalue weighted by atomic mass is 9.87. The van der Waals surface area contributed by atoms with E-state index in [9.17, 15) is 49.6 Å². The molecular formula is C35H40ClN7O11S2. The maximum atomic E-state index is 13.6. The number of fused-ring (bicyclic) bond motifs is 3. The van der Waals surface area contributed by atoms with Crippen LogP contribution in [0.2, 0.25) is 5.02 Å². The lowest BCUT2D eigenvalue weighted by Crippen LogP contribution is -2.65. The van der Waals surface area contributed by atoms with Crippen molar-refractivity contribution in [1.82, 2.24) is 15.2 Å². The fourth-order valence-corrected chi connectivity index (χ4v) is 10.2. The number of nitrogens with two attached hydrogens (primary N) is 1. The van der Waals surface area contributed by atoms with Crippen LogP contribution in [-0.4, -0.2) is 125 Å². The first-order chi connectivity index (χ1) is 26.4. The lowest BCUT2D eigenvalue weighted by molar-refractivity contribution is -0.945. The zero-order valence-electron chi connectivity index (χ0n) is 30.4.